The first kappa shape index (κ1) is 19.6. The maximum absolute atomic E-state index is 10.8. The molecule has 1 aliphatic rings. The van der Waals surface area contributed by atoms with Gasteiger partial charge in [-0.3, -0.25) is 4.98 Å². The third-order valence-corrected chi connectivity index (χ3v) is 5.62. The van der Waals surface area contributed by atoms with Gasteiger partial charge < -0.3 is 24.6 Å². The van der Waals surface area contributed by atoms with E-state index >= 15 is 0 Å². The fourth-order valence-electron chi connectivity index (χ4n) is 3.91. The fourth-order valence-corrected chi connectivity index (χ4v) is 3.91. The average Bonchev–Trinajstić information content (AvgIpc) is 3.15. The molecule has 4 aromatic rings. The molecule has 1 fully saturated rings. The molecule has 0 aliphatic carbocycles. The van der Waals surface area contributed by atoms with E-state index in [0.29, 0.717) is 37.0 Å². The van der Waals surface area contributed by atoms with E-state index in [1.807, 2.05) is 49.0 Å². The van der Waals surface area contributed by atoms with Crippen molar-refractivity contribution in [2.24, 2.45) is 0 Å². The van der Waals surface area contributed by atoms with Gasteiger partial charge in [0.2, 0.25) is 11.8 Å². The fraction of sp³-hybridized carbons (Fsp3) is 0.348. The zero-order chi connectivity index (χ0) is 21.4. The summed E-state index contributed by atoms with van der Waals surface area (Å²) in [5.74, 6) is 1.47. The van der Waals surface area contributed by atoms with E-state index in [9.17, 15) is 5.11 Å². The minimum absolute atomic E-state index is 0.110. The van der Waals surface area contributed by atoms with Crippen molar-refractivity contribution in [1.29, 1.82) is 0 Å². The third kappa shape index (κ3) is 3.74. The monoisotopic (exact) mass is 418 g/mol. The lowest BCUT2D eigenvalue weighted by Crippen LogP contribution is -2.37. The maximum Gasteiger partial charge on any atom is 0.228 e. The third-order valence-electron chi connectivity index (χ3n) is 5.62. The zero-order valence-electron chi connectivity index (χ0n) is 17.7. The van der Waals surface area contributed by atoms with E-state index in [1.54, 1.807) is 0 Å². The smallest absolute Gasteiger partial charge is 0.228 e. The quantitative estimate of drug-likeness (QED) is 0.511. The molecule has 0 saturated carbocycles. The Kier molecular flexibility index (Phi) is 5.07. The number of hydrogen-bond donors (Lipinski definition) is 2. The van der Waals surface area contributed by atoms with Crippen LogP contribution >= 0.6 is 0 Å². The van der Waals surface area contributed by atoms with Crippen molar-refractivity contribution in [3.63, 3.8) is 0 Å². The molecular weight excluding hydrogens is 392 g/mol. The van der Waals surface area contributed by atoms with E-state index in [0.717, 1.165) is 34.9 Å². The predicted octanol–water partition coefficient (Wildman–Crippen LogP) is 3.71. The van der Waals surface area contributed by atoms with Crippen LogP contribution in [0.1, 0.15) is 25.5 Å². The molecular formula is C23H26N6O2. The Morgan fingerprint density at radius 3 is 2.77 bits per heavy atom. The molecule has 8 heteroatoms. The number of ether oxygens (including phenoxy) is 1. The van der Waals surface area contributed by atoms with Crippen LogP contribution in [-0.2, 0) is 11.3 Å². The van der Waals surface area contributed by atoms with Gasteiger partial charge in [-0.15, -0.1) is 0 Å². The molecule has 0 spiro atoms. The zero-order valence-corrected chi connectivity index (χ0v) is 17.7. The van der Waals surface area contributed by atoms with Crippen molar-refractivity contribution < 1.29 is 9.84 Å². The highest BCUT2D eigenvalue weighted by molar-refractivity contribution is 5.94. The SMILES string of the molecule is CC(C)n1cc2c(NCc3cnc4ccccc4c3)nc(N3CCOCC3)nc2c1O. The number of rotatable bonds is 5. The lowest BCUT2D eigenvalue weighted by molar-refractivity contribution is 0.122. The number of anilines is 2. The van der Waals surface area contributed by atoms with E-state index in [2.05, 4.69) is 27.3 Å². The minimum atomic E-state index is 0.110. The summed E-state index contributed by atoms with van der Waals surface area (Å²) >= 11 is 0. The van der Waals surface area contributed by atoms with E-state index < -0.39 is 0 Å². The number of aromatic nitrogens is 4. The largest absolute Gasteiger partial charge is 0.493 e. The summed E-state index contributed by atoms with van der Waals surface area (Å²) in [4.78, 5) is 16.2. The van der Waals surface area contributed by atoms with Gasteiger partial charge in [-0.1, -0.05) is 18.2 Å². The molecule has 0 amide bonds. The molecule has 2 N–H and O–H groups in total. The van der Waals surface area contributed by atoms with Gasteiger partial charge in [0, 0.05) is 43.5 Å². The molecule has 1 saturated heterocycles. The van der Waals surface area contributed by atoms with Gasteiger partial charge >= 0.3 is 0 Å². The van der Waals surface area contributed by atoms with Crippen molar-refractivity contribution in [1.82, 2.24) is 19.5 Å². The van der Waals surface area contributed by atoms with Gasteiger partial charge in [-0.25, -0.2) is 4.98 Å². The average molecular weight is 419 g/mol. The first-order chi connectivity index (χ1) is 15.1. The Hall–Kier alpha value is -3.39. The Labute approximate surface area is 180 Å². The maximum atomic E-state index is 10.8. The lowest BCUT2D eigenvalue weighted by Gasteiger charge is -2.27. The lowest BCUT2D eigenvalue weighted by atomic mass is 10.1. The van der Waals surface area contributed by atoms with Crippen molar-refractivity contribution >= 4 is 33.6 Å². The standard InChI is InChI=1S/C23H26N6O2/c1-15(2)29-14-18-20(22(29)30)26-23(28-7-9-31-10-8-28)27-21(18)25-13-16-11-17-5-3-4-6-19(17)24-12-16/h3-6,11-12,14-15,30H,7-10,13H2,1-2H3,(H,25,26,27). The van der Waals surface area contributed by atoms with Crippen LogP contribution in [0.4, 0.5) is 11.8 Å². The van der Waals surface area contributed by atoms with Gasteiger partial charge in [-0.05, 0) is 31.5 Å². The van der Waals surface area contributed by atoms with E-state index in [1.165, 1.54) is 0 Å². The summed E-state index contributed by atoms with van der Waals surface area (Å²) in [5.41, 5.74) is 2.60. The van der Waals surface area contributed by atoms with Crippen LogP contribution in [0.15, 0.2) is 42.7 Å². The van der Waals surface area contributed by atoms with Crippen LogP contribution in [0.3, 0.4) is 0 Å². The first-order valence-corrected chi connectivity index (χ1v) is 10.6. The van der Waals surface area contributed by atoms with Gasteiger partial charge in [0.05, 0.1) is 24.1 Å². The van der Waals surface area contributed by atoms with Gasteiger partial charge in [-0.2, -0.15) is 4.98 Å². The number of nitrogens with zero attached hydrogens (tertiary/aromatic N) is 5. The number of morpholine rings is 1. The first-order valence-electron chi connectivity index (χ1n) is 10.6. The van der Waals surface area contributed by atoms with Crippen LogP contribution in [0.25, 0.3) is 21.8 Å². The molecule has 0 atom stereocenters. The molecule has 8 nitrogen and oxygen atoms in total. The normalized spacial score (nSPS) is 14.6. The highest BCUT2D eigenvalue weighted by Gasteiger charge is 2.21. The number of benzene rings is 1. The second kappa shape index (κ2) is 8.03. The molecule has 5 rings (SSSR count). The van der Waals surface area contributed by atoms with Crippen molar-refractivity contribution in [3.8, 4) is 5.88 Å². The van der Waals surface area contributed by atoms with Crippen LogP contribution in [0.2, 0.25) is 0 Å². The summed E-state index contributed by atoms with van der Waals surface area (Å²) < 4.78 is 7.29. The Morgan fingerprint density at radius 1 is 1.16 bits per heavy atom. The number of pyridine rings is 1. The Balaban J connectivity index is 1.52. The summed E-state index contributed by atoms with van der Waals surface area (Å²) in [5, 5.41) is 16.2. The van der Waals surface area contributed by atoms with Crippen molar-refractivity contribution in [2.45, 2.75) is 26.4 Å². The molecule has 160 valence electrons. The number of hydrogen-bond acceptors (Lipinski definition) is 7. The van der Waals surface area contributed by atoms with Crippen LogP contribution < -0.4 is 10.2 Å². The van der Waals surface area contributed by atoms with Crippen LogP contribution in [0.5, 0.6) is 5.88 Å². The summed E-state index contributed by atoms with van der Waals surface area (Å²) in [6.07, 6.45) is 3.80. The number of para-hydroxylation sites is 1. The topological polar surface area (TPSA) is 88.3 Å². The van der Waals surface area contributed by atoms with Crippen molar-refractivity contribution in [3.05, 3.63) is 48.3 Å². The molecule has 0 unspecified atom stereocenters. The Bertz CT molecular complexity index is 1230. The van der Waals surface area contributed by atoms with Crippen LogP contribution in [0, 0.1) is 0 Å². The van der Waals surface area contributed by atoms with Crippen LogP contribution in [-0.4, -0.2) is 50.9 Å². The highest BCUT2D eigenvalue weighted by Crippen LogP contribution is 2.34. The van der Waals surface area contributed by atoms with Gasteiger partial charge in [0.15, 0.2) is 0 Å². The van der Waals surface area contributed by atoms with Crippen molar-refractivity contribution in [2.75, 3.05) is 36.5 Å². The summed E-state index contributed by atoms with van der Waals surface area (Å²) in [7, 11) is 0. The molecule has 4 heterocycles. The summed E-state index contributed by atoms with van der Waals surface area (Å²) in [6.45, 7) is 7.37. The summed E-state index contributed by atoms with van der Waals surface area (Å²) in [6, 6.07) is 10.3. The second-order valence-corrected chi connectivity index (χ2v) is 8.08. The predicted molar refractivity (Wildman–Crippen MR) is 122 cm³/mol. The second-order valence-electron chi connectivity index (χ2n) is 8.08. The number of nitrogens with one attached hydrogen (secondary N) is 1. The Morgan fingerprint density at radius 2 is 1.97 bits per heavy atom. The molecule has 0 radical (unpaired) electrons. The molecule has 0 bridgehead atoms. The molecule has 3 aromatic heterocycles. The number of fused-ring (bicyclic) bond motifs is 2. The van der Waals surface area contributed by atoms with E-state index in [-0.39, 0.29) is 11.9 Å². The highest BCUT2D eigenvalue weighted by atomic mass is 16.5. The van der Waals surface area contributed by atoms with Gasteiger partial charge in [0.1, 0.15) is 11.3 Å². The van der Waals surface area contributed by atoms with Gasteiger partial charge in [0.25, 0.3) is 0 Å². The minimum Gasteiger partial charge on any atom is -0.493 e. The molecule has 1 aromatic carbocycles. The molecule has 1 aliphatic heterocycles. The molecule has 31 heavy (non-hydrogen) atoms. The van der Waals surface area contributed by atoms with E-state index in [4.69, 9.17) is 14.7 Å². The number of aromatic hydroxyl groups is 1.